The van der Waals surface area contributed by atoms with E-state index in [1.807, 2.05) is 11.4 Å². The van der Waals surface area contributed by atoms with Crippen molar-refractivity contribution in [3.8, 4) is 0 Å². The Morgan fingerprint density at radius 2 is 2.23 bits per heavy atom. The van der Waals surface area contributed by atoms with Gasteiger partial charge in [0.1, 0.15) is 0 Å². The van der Waals surface area contributed by atoms with Gasteiger partial charge in [0, 0.05) is 4.88 Å². The summed E-state index contributed by atoms with van der Waals surface area (Å²) in [5.74, 6) is 0. The van der Waals surface area contributed by atoms with E-state index >= 15 is 0 Å². The first kappa shape index (κ1) is 11.5. The number of halogens is 2. The van der Waals surface area contributed by atoms with E-state index in [1.165, 1.54) is 4.88 Å². The van der Waals surface area contributed by atoms with Gasteiger partial charge in [0.25, 0.3) is 0 Å². The summed E-state index contributed by atoms with van der Waals surface area (Å²) in [7, 11) is 0. The zero-order chi connectivity index (χ0) is 10.1. The van der Waals surface area contributed by atoms with Gasteiger partial charge in [0.2, 0.25) is 0 Å². The Labute approximate surface area is 97.4 Å². The summed E-state index contributed by atoms with van der Waals surface area (Å²) in [6.45, 7) is 6.71. The minimum atomic E-state index is 0.258. The molecule has 1 unspecified atom stereocenters. The first-order valence-electron chi connectivity index (χ1n) is 4.36. The van der Waals surface area contributed by atoms with Crippen LogP contribution in [-0.4, -0.2) is 0 Å². The molecule has 74 valence electrons. The lowest BCUT2D eigenvalue weighted by Crippen LogP contribution is -2.15. The van der Waals surface area contributed by atoms with Crippen molar-refractivity contribution in [3.05, 3.63) is 21.3 Å². The van der Waals surface area contributed by atoms with Gasteiger partial charge in [-0.05, 0) is 23.3 Å². The zero-order valence-electron chi connectivity index (χ0n) is 8.10. The monoisotopic (exact) mass is 280 g/mol. The van der Waals surface area contributed by atoms with Gasteiger partial charge in [-0.25, -0.2) is 0 Å². The van der Waals surface area contributed by atoms with Crippen LogP contribution >= 0.6 is 38.9 Å². The van der Waals surface area contributed by atoms with E-state index < -0.39 is 0 Å². The molecular weight excluding hydrogens is 268 g/mol. The number of rotatable bonds is 3. The SMILES string of the molecule is CCC(C)(C)C(Br)c1sccc1Cl. The smallest absolute Gasteiger partial charge is 0.0556 e. The lowest BCUT2D eigenvalue weighted by atomic mass is 9.86. The molecule has 1 atom stereocenters. The highest BCUT2D eigenvalue weighted by Gasteiger charge is 2.29. The van der Waals surface area contributed by atoms with Crippen molar-refractivity contribution in [2.75, 3.05) is 0 Å². The normalized spacial score (nSPS) is 14.5. The fourth-order valence-corrected chi connectivity index (χ4v) is 3.40. The average molecular weight is 282 g/mol. The molecule has 0 aliphatic heterocycles. The van der Waals surface area contributed by atoms with Crippen molar-refractivity contribution in [3.63, 3.8) is 0 Å². The Hall–Kier alpha value is 0.470. The maximum absolute atomic E-state index is 6.08. The van der Waals surface area contributed by atoms with Crippen LogP contribution in [0.4, 0.5) is 0 Å². The van der Waals surface area contributed by atoms with Crippen LogP contribution in [0, 0.1) is 5.41 Å². The highest BCUT2D eigenvalue weighted by Crippen LogP contribution is 2.47. The maximum atomic E-state index is 6.08. The topological polar surface area (TPSA) is 0 Å². The van der Waals surface area contributed by atoms with E-state index in [0.717, 1.165) is 11.4 Å². The van der Waals surface area contributed by atoms with Crippen LogP contribution in [0.2, 0.25) is 5.02 Å². The minimum absolute atomic E-state index is 0.258. The number of hydrogen-bond acceptors (Lipinski definition) is 1. The second kappa shape index (κ2) is 4.33. The lowest BCUT2D eigenvalue weighted by molar-refractivity contribution is 0.349. The van der Waals surface area contributed by atoms with Crippen LogP contribution in [0.15, 0.2) is 11.4 Å². The Morgan fingerprint density at radius 3 is 2.62 bits per heavy atom. The van der Waals surface area contributed by atoms with Crippen molar-refractivity contribution in [1.29, 1.82) is 0 Å². The van der Waals surface area contributed by atoms with Crippen molar-refractivity contribution >= 4 is 38.9 Å². The molecule has 0 aliphatic rings. The standard InChI is InChI=1S/C10H14BrClS/c1-4-10(2,3)9(11)8-7(12)5-6-13-8/h5-6,9H,4H2,1-3H3. The van der Waals surface area contributed by atoms with Crippen molar-refractivity contribution in [2.24, 2.45) is 5.41 Å². The molecule has 0 radical (unpaired) electrons. The highest BCUT2D eigenvalue weighted by atomic mass is 79.9. The summed E-state index contributed by atoms with van der Waals surface area (Å²) >= 11 is 11.5. The molecule has 0 fully saturated rings. The molecular formula is C10H14BrClS. The predicted octanol–water partition coefficient (Wildman–Crippen LogP) is 5.27. The van der Waals surface area contributed by atoms with E-state index in [1.54, 1.807) is 11.3 Å². The third-order valence-corrected chi connectivity index (χ3v) is 5.90. The van der Waals surface area contributed by atoms with Gasteiger partial charge in [-0.3, -0.25) is 0 Å². The molecule has 0 spiro atoms. The molecule has 0 saturated carbocycles. The molecule has 1 aromatic heterocycles. The largest absolute Gasteiger partial charge is 0.146 e. The predicted molar refractivity (Wildman–Crippen MR) is 65.1 cm³/mol. The van der Waals surface area contributed by atoms with Gasteiger partial charge in [0.05, 0.1) is 9.85 Å². The molecule has 0 bridgehead atoms. The Morgan fingerprint density at radius 1 is 1.62 bits per heavy atom. The molecule has 1 aromatic rings. The third-order valence-electron chi connectivity index (χ3n) is 2.47. The summed E-state index contributed by atoms with van der Waals surface area (Å²) in [5, 5.41) is 2.92. The summed E-state index contributed by atoms with van der Waals surface area (Å²) < 4.78 is 0. The second-order valence-corrected chi connectivity index (χ2v) is 6.11. The van der Waals surface area contributed by atoms with Gasteiger partial charge in [-0.1, -0.05) is 48.3 Å². The molecule has 3 heteroatoms. The average Bonchev–Trinajstić information content (AvgIpc) is 2.50. The fourth-order valence-electron chi connectivity index (χ4n) is 1.02. The quantitative estimate of drug-likeness (QED) is 0.662. The third kappa shape index (κ3) is 2.48. The number of hydrogen-bond donors (Lipinski definition) is 0. The molecule has 1 rings (SSSR count). The van der Waals surface area contributed by atoms with E-state index in [-0.39, 0.29) is 5.41 Å². The summed E-state index contributed by atoms with van der Waals surface area (Å²) in [4.78, 5) is 1.60. The number of alkyl halides is 1. The van der Waals surface area contributed by atoms with Crippen LogP contribution < -0.4 is 0 Å². The maximum Gasteiger partial charge on any atom is 0.0556 e. The molecule has 0 aliphatic carbocycles. The van der Waals surface area contributed by atoms with Crippen molar-refractivity contribution in [1.82, 2.24) is 0 Å². The van der Waals surface area contributed by atoms with Crippen LogP contribution in [0.25, 0.3) is 0 Å². The molecule has 0 saturated heterocycles. The lowest BCUT2D eigenvalue weighted by Gasteiger charge is -2.28. The van der Waals surface area contributed by atoms with Crippen LogP contribution in [0.1, 0.15) is 36.9 Å². The van der Waals surface area contributed by atoms with E-state index in [2.05, 4.69) is 36.7 Å². The Kier molecular flexibility index (Phi) is 3.84. The fraction of sp³-hybridized carbons (Fsp3) is 0.600. The van der Waals surface area contributed by atoms with Gasteiger partial charge in [-0.15, -0.1) is 11.3 Å². The Balaban J connectivity index is 2.91. The van der Waals surface area contributed by atoms with Gasteiger partial charge < -0.3 is 0 Å². The van der Waals surface area contributed by atoms with E-state index in [9.17, 15) is 0 Å². The van der Waals surface area contributed by atoms with E-state index in [0.29, 0.717) is 4.83 Å². The van der Waals surface area contributed by atoms with Crippen molar-refractivity contribution < 1.29 is 0 Å². The first-order valence-corrected chi connectivity index (χ1v) is 6.53. The first-order chi connectivity index (χ1) is 5.99. The highest BCUT2D eigenvalue weighted by molar-refractivity contribution is 9.09. The molecule has 0 aromatic carbocycles. The van der Waals surface area contributed by atoms with Gasteiger partial charge in [-0.2, -0.15) is 0 Å². The molecule has 0 nitrogen and oxygen atoms in total. The van der Waals surface area contributed by atoms with Crippen LogP contribution in [0.5, 0.6) is 0 Å². The van der Waals surface area contributed by atoms with Crippen LogP contribution in [-0.2, 0) is 0 Å². The summed E-state index contributed by atoms with van der Waals surface area (Å²) in [5.41, 5.74) is 0.258. The van der Waals surface area contributed by atoms with Gasteiger partial charge in [0.15, 0.2) is 0 Å². The van der Waals surface area contributed by atoms with Crippen molar-refractivity contribution in [2.45, 2.75) is 32.0 Å². The van der Waals surface area contributed by atoms with E-state index in [4.69, 9.17) is 11.6 Å². The summed E-state index contributed by atoms with van der Waals surface area (Å²) in [6, 6.07) is 1.96. The molecule has 13 heavy (non-hydrogen) atoms. The van der Waals surface area contributed by atoms with Crippen LogP contribution in [0.3, 0.4) is 0 Å². The Bertz CT molecular complexity index is 280. The molecule has 1 heterocycles. The molecule has 0 amide bonds. The summed E-state index contributed by atoms with van der Waals surface area (Å²) in [6.07, 6.45) is 1.14. The second-order valence-electron chi connectivity index (χ2n) is 3.84. The number of thiophene rings is 1. The molecule has 0 N–H and O–H groups in total. The minimum Gasteiger partial charge on any atom is -0.146 e. The van der Waals surface area contributed by atoms with Gasteiger partial charge >= 0.3 is 0 Å². The zero-order valence-corrected chi connectivity index (χ0v) is 11.3.